The van der Waals surface area contributed by atoms with Crippen LogP contribution in [-0.2, 0) is 4.79 Å². The molecule has 0 spiro atoms. The van der Waals surface area contributed by atoms with E-state index in [1.165, 1.54) is 19.3 Å². The average molecular weight is 345 g/mol. The number of hydrogen-bond acceptors (Lipinski definition) is 3. The van der Waals surface area contributed by atoms with Crippen LogP contribution in [0.5, 0.6) is 5.75 Å². The van der Waals surface area contributed by atoms with Crippen molar-refractivity contribution in [3.05, 3.63) is 24.3 Å². The lowest BCUT2D eigenvalue weighted by atomic mass is 10.1. The minimum Gasteiger partial charge on any atom is -0.495 e. The standard InChI is InChI=1S/C19H27N3O3/c1-25-17-10-6-5-9-16(17)22-14-15(13-18(22)23)20-19(24)21-11-7-3-2-4-8-12-21/h5-6,9-10,15H,2-4,7-8,11-14H2,1H3,(H,20,24)/t15-/m0/s1. The Labute approximate surface area is 149 Å². The molecule has 3 rings (SSSR count). The number of ether oxygens (including phenoxy) is 1. The van der Waals surface area contributed by atoms with Crippen LogP contribution in [0.15, 0.2) is 24.3 Å². The molecule has 0 unspecified atom stereocenters. The van der Waals surface area contributed by atoms with Crippen molar-refractivity contribution in [2.45, 2.75) is 44.6 Å². The second-order valence-corrected chi connectivity index (χ2v) is 6.78. The Morgan fingerprint density at radius 1 is 1.12 bits per heavy atom. The topological polar surface area (TPSA) is 61.9 Å². The number of rotatable bonds is 3. The van der Waals surface area contributed by atoms with Crippen LogP contribution in [0.25, 0.3) is 0 Å². The monoisotopic (exact) mass is 345 g/mol. The van der Waals surface area contributed by atoms with E-state index in [-0.39, 0.29) is 18.0 Å². The first-order valence-corrected chi connectivity index (χ1v) is 9.18. The minimum atomic E-state index is -0.157. The Kier molecular flexibility index (Phi) is 5.79. The first-order chi connectivity index (χ1) is 12.2. The summed E-state index contributed by atoms with van der Waals surface area (Å²) in [7, 11) is 1.60. The van der Waals surface area contributed by atoms with E-state index in [1.54, 1.807) is 12.0 Å². The van der Waals surface area contributed by atoms with Gasteiger partial charge >= 0.3 is 6.03 Å². The fraction of sp³-hybridized carbons (Fsp3) is 0.579. The zero-order chi connectivity index (χ0) is 17.6. The maximum atomic E-state index is 12.6. The summed E-state index contributed by atoms with van der Waals surface area (Å²) in [5.74, 6) is 0.689. The fourth-order valence-electron chi connectivity index (χ4n) is 3.61. The van der Waals surface area contributed by atoms with E-state index in [1.807, 2.05) is 29.2 Å². The van der Waals surface area contributed by atoms with E-state index >= 15 is 0 Å². The molecule has 2 heterocycles. The maximum absolute atomic E-state index is 12.6. The van der Waals surface area contributed by atoms with Crippen LogP contribution in [-0.4, -0.2) is 49.6 Å². The molecule has 2 saturated heterocycles. The summed E-state index contributed by atoms with van der Waals surface area (Å²) in [4.78, 5) is 28.6. The van der Waals surface area contributed by atoms with E-state index in [0.29, 0.717) is 18.7 Å². The fourth-order valence-corrected chi connectivity index (χ4v) is 3.61. The van der Waals surface area contributed by atoms with Crippen LogP contribution >= 0.6 is 0 Å². The summed E-state index contributed by atoms with van der Waals surface area (Å²) in [6, 6.07) is 7.28. The number of benzene rings is 1. The summed E-state index contributed by atoms with van der Waals surface area (Å²) in [5.41, 5.74) is 0.762. The number of carbonyl (C=O) groups excluding carboxylic acids is 2. The Hall–Kier alpha value is -2.24. The summed E-state index contributed by atoms with van der Waals surface area (Å²) in [5, 5.41) is 3.05. The van der Waals surface area contributed by atoms with Gasteiger partial charge < -0.3 is 19.9 Å². The lowest BCUT2D eigenvalue weighted by molar-refractivity contribution is -0.117. The van der Waals surface area contributed by atoms with Crippen molar-refractivity contribution >= 4 is 17.6 Å². The molecule has 1 aromatic carbocycles. The molecule has 136 valence electrons. The highest BCUT2D eigenvalue weighted by Crippen LogP contribution is 2.31. The van der Waals surface area contributed by atoms with Crippen LogP contribution < -0.4 is 15.0 Å². The molecule has 2 aliphatic rings. The van der Waals surface area contributed by atoms with Crippen molar-refractivity contribution in [2.24, 2.45) is 0 Å². The van der Waals surface area contributed by atoms with E-state index in [9.17, 15) is 9.59 Å². The number of urea groups is 1. The number of nitrogens with zero attached hydrogens (tertiary/aromatic N) is 2. The molecule has 6 heteroatoms. The molecule has 2 fully saturated rings. The van der Waals surface area contributed by atoms with Gasteiger partial charge in [-0.15, -0.1) is 0 Å². The minimum absolute atomic E-state index is 0.0162. The average Bonchev–Trinajstić information content (AvgIpc) is 2.94. The van der Waals surface area contributed by atoms with E-state index < -0.39 is 0 Å². The molecule has 1 N–H and O–H groups in total. The van der Waals surface area contributed by atoms with Gasteiger partial charge in [-0.05, 0) is 25.0 Å². The van der Waals surface area contributed by atoms with E-state index in [4.69, 9.17) is 4.74 Å². The van der Waals surface area contributed by atoms with Gasteiger partial charge in [-0.1, -0.05) is 31.4 Å². The highest BCUT2D eigenvalue weighted by atomic mass is 16.5. The first-order valence-electron chi connectivity index (χ1n) is 9.18. The molecule has 25 heavy (non-hydrogen) atoms. The molecule has 0 bridgehead atoms. The summed E-state index contributed by atoms with van der Waals surface area (Å²) >= 11 is 0. The zero-order valence-electron chi connectivity index (χ0n) is 14.9. The lowest BCUT2D eigenvalue weighted by Gasteiger charge is -2.26. The number of methoxy groups -OCH3 is 1. The van der Waals surface area contributed by atoms with E-state index in [2.05, 4.69) is 5.32 Å². The highest BCUT2D eigenvalue weighted by Gasteiger charge is 2.33. The van der Waals surface area contributed by atoms with Gasteiger partial charge in [-0.2, -0.15) is 0 Å². The Bertz CT molecular complexity index is 612. The predicted molar refractivity (Wildman–Crippen MR) is 96.9 cm³/mol. The Balaban J connectivity index is 1.61. The van der Waals surface area contributed by atoms with Gasteiger partial charge in [0.2, 0.25) is 5.91 Å². The molecule has 0 aromatic heterocycles. The van der Waals surface area contributed by atoms with Gasteiger partial charge in [0.15, 0.2) is 0 Å². The second-order valence-electron chi connectivity index (χ2n) is 6.78. The third-order valence-corrected chi connectivity index (χ3v) is 4.97. The van der Waals surface area contributed by atoms with E-state index in [0.717, 1.165) is 31.6 Å². The van der Waals surface area contributed by atoms with Gasteiger partial charge in [-0.3, -0.25) is 4.79 Å². The molecule has 0 saturated carbocycles. The smallest absolute Gasteiger partial charge is 0.317 e. The molecule has 1 aromatic rings. The van der Waals surface area contributed by atoms with Crippen molar-refractivity contribution in [3.63, 3.8) is 0 Å². The molecular weight excluding hydrogens is 318 g/mol. The van der Waals surface area contributed by atoms with Crippen LogP contribution in [0.2, 0.25) is 0 Å². The van der Waals surface area contributed by atoms with Gasteiger partial charge in [-0.25, -0.2) is 4.79 Å². The second kappa shape index (κ2) is 8.23. The van der Waals surface area contributed by atoms with Crippen molar-refractivity contribution in [1.29, 1.82) is 0 Å². The number of hydrogen-bond donors (Lipinski definition) is 1. The largest absolute Gasteiger partial charge is 0.495 e. The van der Waals surface area contributed by atoms with Crippen molar-refractivity contribution in [1.82, 2.24) is 10.2 Å². The molecule has 6 nitrogen and oxygen atoms in total. The van der Waals surface area contributed by atoms with Crippen molar-refractivity contribution in [3.8, 4) is 5.75 Å². The lowest BCUT2D eigenvalue weighted by Crippen LogP contribution is -2.46. The Morgan fingerprint density at radius 3 is 2.52 bits per heavy atom. The van der Waals surface area contributed by atoms with Gasteiger partial charge in [0.05, 0.1) is 18.8 Å². The third kappa shape index (κ3) is 4.24. The number of carbonyl (C=O) groups is 2. The van der Waals surface area contributed by atoms with Gasteiger partial charge in [0.1, 0.15) is 5.75 Å². The number of amides is 3. The predicted octanol–water partition coefficient (Wildman–Crippen LogP) is 2.78. The van der Waals surface area contributed by atoms with Crippen molar-refractivity contribution in [2.75, 3.05) is 31.6 Å². The van der Waals surface area contributed by atoms with Crippen molar-refractivity contribution < 1.29 is 14.3 Å². The van der Waals surface area contributed by atoms with Crippen LogP contribution in [0.1, 0.15) is 38.5 Å². The van der Waals surface area contributed by atoms with Crippen LogP contribution in [0.3, 0.4) is 0 Å². The number of likely N-dealkylation sites (tertiary alicyclic amines) is 1. The zero-order valence-corrected chi connectivity index (χ0v) is 14.9. The normalized spacial score (nSPS) is 21.6. The summed E-state index contributed by atoms with van der Waals surface area (Å²) < 4.78 is 5.35. The molecule has 0 radical (unpaired) electrons. The van der Waals surface area contributed by atoms with Crippen LogP contribution in [0, 0.1) is 0 Å². The first kappa shape index (κ1) is 17.6. The van der Waals surface area contributed by atoms with Gasteiger partial charge in [0, 0.05) is 26.1 Å². The van der Waals surface area contributed by atoms with Crippen LogP contribution in [0.4, 0.5) is 10.5 Å². The van der Waals surface area contributed by atoms with Gasteiger partial charge in [0.25, 0.3) is 0 Å². The highest BCUT2D eigenvalue weighted by molar-refractivity contribution is 5.98. The number of anilines is 1. The third-order valence-electron chi connectivity index (χ3n) is 4.97. The SMILES string of the molecule is COc1ccccc1N1C[C@@H](NC(=O)N2CCCCCCC2)CC1=O. The summed E-state index contributed by atoms with van der Waals surface area (Å²) in [6.45, 7) is 2.10. The number of nitrogens with one attached hydrogen (secondary N) is 1. The Morgan fingerprint density at radius 2 is 1.80 bits per heavy atom. The quantitative estimate of drug-likeness (QED) is 0.916. The summed E-state index contributed by atoms with van der Waals surface area (Å²) in [6.07, 6.45) is 6.09. The molecule has 0 aliphatic carbocycles. The maximum Gasteiger partial charge on any atom is 0.317 e. The molecule has 3 amide bonds. The molecular formula is C19H27N3O3. The molecule has 2 aliphatic heterocycles. The molecule has 1 atom stereocenters. The number of para-hydroxylation sites is 2.